The van der Waals surface area contributed by atoms with E-state index in [2.05, 4.69) is 78.7 Å². The van der Waals surface area contributed by atoms with E-state index in [-0.39, 0.29) is 101 Å². The molecule has 2 aliphatic heterocycles. The molecule has 1 aromatic heterocycles. The van der Waals surface area contributed by atoms with Gasteiger partial charge in [-0.2, -0.15) is 0 Å². The standard InChI is InChI=1S/C71H109FN20O15/c1-9-92(10-2)31-30-79-68(104)57-38(5)53(80-39(57)6)35-45-44-34-43(72)16-17-46(44)89-71(45)107-36-56(95)81-47(18-24-73)64(100)91-59(41(8)94)70(106)86-50(21-27-76)61(97)85-52-23-29-78-69(105)58(40(7)93)90-65(101)51(22-28-77)83-60(96)48(19-25-74)84-66(102)54(32-37(3)4)87-67(103)55(33-42-14-12-11-13-15-42)88-62(98)49(20-26-75)82-63(52)99/h11-17,34-35,37,40-41,47-52,54-55,58-59,80,93-94H,9-10,18-33,36,73-77H2,1-8H3,(H,78,105)(H,79,104)(H,81,95)(H,82,99)(H,83,96)(H,84,102)(H,85,97)(H,86,106)(H,87,103)(H,88,98)(H,90,101)(H,91,100)/b45-35-/t40-,41-,47+,48+,49+,50+,51+,52+,54+,55-,58+,59+/m1/s1. The first-order valence-corrected chi connectivity index (χ1v) is 36.1. The number of aliphatic imine (C=N–C) groups is 1. The van der Waals surface area contributed by atoms with Crippen molar-refractivity contribution >= 4 is 94.1 Å². The molecule has 35 nitrogen and oxygen atoms in total. The van der Waals surface area contributed by atoms with Crippen LogP contribution in [0.3, 0.4) is 0 Å². The number of fused-ring (bicyclic) bond motifs is 1. The van der Waals surface area contributed by atoms with Gasteiger partial charge in [0.05, 0.1) is 23.5 Å². The van der Waals surface area contributed by atoms with Gasteiger partial charge in [0.25, 0.3) is 11.8 Å². The van der Waals surface area contributed by atoms with Crippen LogP contribution in [-0.2, 0) is 63.9 Å². The number of benzene rings is 2. The van der Waals surface area contributed by atoms with Crippen molar-refractivity contribution in [2.75, 3.05) is 72.1 Å². The Labute approximate surface area is 621 Å². The van der Waals surface area contributed by atoms with Crippen LogP contribution in [0.15, 0.2) is 53.5 Å². The Morgan fingerprint density at radius 3 is 1.79 bits per heavy atom. The van der Waals surface area contributed by atoms with Gasteiger partial charge in [-0.15, -0.1) is 0 Å². The highest BCUT2D eigenvalue weighted by Gasteiger charge is 2.38. The van der Waals surface area contributed by atoms with Crippen molar-refractivity contribution in [3.8, 4) is 0 Å². The number of hydrogen-bond donors (Lipinski definition) is 20. The van der Waals surface area contributed by atoms with Gasteiger partial charge in [-0.25, -0.2) is 9.38 Å². The van der Waals surface area contributed by atoms with Crippen molar-refractivity contribution in [3.05, 3.63) is 88.0 Å². The molecule has 3 heterocycles. The molecular weight excluding hydrogens is 1390 g/mol. The first-order valence-electron chi connectivity index (χ1n) is 36.1. The van der Waals surface area contributed by atoms with Gasteiger partial charge in [0, 0.05) is 48.6 Å². The maximum absolute atomic E-state index is 14.8. The van der Waals surface area contributed by atoms with E-state index in [1.807, 2.05) is 13.8 Å². The summed E-state index contributed by atoms with van der Waals surface area (Å²) in [5.41, 5.74) is 33.1. The number of carbonyl (C=O) groups excluding carboxylic acids is 12. The maximum Gasteiger partial charge on any atom is 0.258 e. The quantitative estimate of drug-likeness (QED) is 0.0281. The second-order valence-corrected chi connectivity index (χ2v) is 26.7. The van der Waals surface area contributed by atoms with Crippen molar-refractivity contribution in [2.45, 2.75) is 179 Å². The number of nitrogens with two attached hydrogens (primary N) is 5. The van der Waals surface area contributed by atoms with E-state index >= 15 is 0 Å². The molecule has 12 atom stereocenters. The van der Waals surface area contributed by atoms with Crippen LogP contribution < -0.4 is 92.5 Å². The fourth-order valence-corrected chi connectivity index (χ4v) is 12.0. The molecule has 0 bridgehead atoms. The number of likely N-dealkylation sites (N-methyl/N-ethyl adjacent to an activating group) is 1. The minimum atomic E-state index is -1.86. The van der Waals surface area contributed by atoms with E-state index in [0.717, 1.165) is 20.0 Å². The summed E-state index contributed by atoms with van der Waals surface area (Å²) in [7, 11) is 0. The van der Waals surface area contributed by atoms with E-state index in [1.54, 1.807) is 64.1 Å². The molecule has 12 amide bonds. The van der Waals surface area contributed by atoms with Gasteiger partial charge in [-0.3, -0.25) is 57.5 Å². The molecule has 0 spiro atoms. The lowest BCUT2D eigenvalue weighted by Crippen LogP contribution is -2.62. The van der Waals surface area contributed by atoms with Crippen LogP contribution in [0, 0.1) is 25.6 Å². The molecule has 107 heavy (non-hydrogen) atoms. The number of nitrogens with one attached hydrogen (secondary N) is 13. The van der Waals surface area contributed by atoms with E-state index in [9.17, 15) is 72.1 Å². The number of aromatic nitrogens is 1. The molecule has 0 saturated carbocycles. The minimum absolute atomic E-state index is 0.0189. The fourth-order valence-electron chi connectivity index (χ4n) is 12.0. The summed E-state index contributed by atoms with van der Waals surface area (Å²) in [6, 6.07) is -3.32. The van der Waals surface area contributed by atoms with Gasteiger partial charge < -0.3 is 117 Å². The highest BCUT2D eigenvalue weighted by molar-refractivity contribution is 6.29. The van der Waals surface area contributed by atoms with Gasteiger partial charge in [0.1, 0.15) is 66.2 Å². The molecule has 2 aliphatic rings. The van der Waals surface area contributed by atoms with Crippen LogP contribution in [0.1, 0.15) is 125 Å². The molecule has 3 aromatic rings. The van der Waals surface area contributed by atoms with Crippen molar-refractivity contribution < 1.29 is 76.9 Å². The van der Waals surface area contributed by atoms with Gasteiger partial charge in [-0.1, -0.05) is 58.0 Å². The number of nitrogens with zero attached hydrogens (tertiary/aromatic N) is 2. The summed E-state index contributed by atoms with van der Waals surface area (Å²) < 4.78 is 20.8. The lowest BCUT2D eigenvalue weighted by molar-refractivity contribution is -0.137. The Balaban J connectivity index is 1.40. The van der Waals surface area contributed by atoms with Gasteiger partial charge >= 0.3 is 0 Å². The smallest absolute Gasteiger partial charge is 0.258 e. The molecule has 0 unspecified atom stereocenters. The highest BCUT2D eigenvalue weighted by atomic mass is 19.1. The van der Waals surface area contributed by atoms with E-state index in [4.69, 9.17) is 33.4 Å². The zero-order valence-corrected chi connectivity index (χ0v) is 62.0. The lowest BCUT2D eigenvalue weighted by atomic mass is 10.00. The Kier molecular flexibility index (Phi) is 35.9. The number of carbonyl (C=O) groups is 12. The molecule has 25 N–H and O–H groups in total. The Bertz CT molecular complexity index is 3630. The lowest BCUT2D eigenvalue weighted by Gasteiger charge is -2.29. The maximum atomic E-state index is 14.8. The molecule has 2 aromatic carbocycles. The number of amides is 12. The number of aliphatic hydroxyl groups excluding tert-OH is 2. The largest absolute Gasteiger partial charge is 0.467 e. The Morgan fingerprint density at radius 2 is 1.22 bits per heavy atom. The van der Waals surface area contributed by atoms with Crippen LogP contribution in [0.25, 0.3) is 11.6 Å². The second-order valence-electron chi connectivity index (χ2n) is 26.7. The van der Waals surface area contributed by atoms with Crippen molar-refractivity contribution in [3.63, 3.8) is 0 Å². The first kappa shape index (κ1) is 87.8. The second kappa shape index (κ2) is 43.7. The predicted molar refractivity (Wildman–Crippen MR) is 396 cm³/mol. The number of H-pyrrole nitrogens is 1. The molecule has 1 saturated heterocycles. The highest BCUT2D eigenvalue weighted by Crippen LogP contribution is 2.38. The number of aryl methyl sites for hydroxylation is 1. The predicted octanol–water partition coefficient (Wildman–Crippen LogP) is -4.39. The third-order valence-corrected chi connectivity index (χ3v) is 17.8. The third-order valence-electron chi connectivity index (χ3n) is 17.8. The van der Waals surface area contributed by atoms with Crippen LogP contribution >= 0.6 is 0 Å². The molecule has 36 heteroatoms. The SMILES string of the molecule is CCN(CC)CCNC(=O)c1c(C)[nH]c(/C=C2\C(OCC(=O)N[C@@H](CCN)C(=O)N[C@H](C(=O)N[C@@H](CCN)C(=O)N[C@H]3CCNC(=O)[C@H]([C@@H](C)O)NC(=O)[C@H](CCN)NC(=O)[C@H](CCN)NC(=O)[C@H](CC(C)C)NC(=O)[C@@H](Cc4ccccc4)NC(=O)[C@H](CCN)NC3=O)[C@@H](C)O)=Nc3ccc(F)cc32)c1C. The number of aliphatic hydroxyl groups is 2. The topological polar surface area (TPSA) is 560 Å². The normalized spacial score (nSPS) is 21.1. The van der Waals surface area contributed by atoms with Crippen LogP contribution in [0.5, 0.6) is 0 Å². The third kappa shape index (κ3) is 26.6. The summed E-state index contributed by atoms with van der Waals surface area (Å²) in [5.74, 6) is -12.0. The zero-order valence-electron chi connectivity index (χ0n) is 62.0. The molecule has 590 valence electrons. The number of hydrogen-bond acceptors (Lipinski definition) is 22. The fraction of sp³-hybridized carbons (Fsp3) is 0.563. The first-order chi connectivity index (χ1) is 50.9. The summed E-state index contributed by atoms with van der Waals surface area (Å²) in [6.07, 6.45) is -3.55. The van der Waals surface area contributed by atoms with E-state index in [1.165, 1.54) is 25.1 Å². The van der Waals surface area contributed by atoms with E-state index in [0.29, 0.717) is 52.4 Å². The Morgan fingerprint density at radius 1 is 0.673 bits per heavy atom. The molecular formula is C71H109FN20O15. The summed E-state index contributed by atoms with van der Waals surface area (Å²) in [4.78, 5) is 180. The minimum Gasteiger partial charge on any atom is -0.467 e. The molecule has 1 fully saturated rings. The molecule has 0 radical (unpaired) electrons. The van der Waals surface area contributed by atoms with Crippen LogP contribution in [-0.4, -0.2) is 242 Å². The van der Waals surface area contributed by atoms with Gasteiger partial charge in [0.15, 0.2) is 6.61 Å². The van der Waals surface area contributed by atoms with Gasteiger partial charge in [-0.05, 0) is 160 Å². The van der Waals surface area contributed by atoms with Crippen LogP contribution in [0.2, 0.25) is 0 Å². The van der Waals surface area contributed by atoms with Crippen molar-refractivity contribution in [1.82, 2.24) is 73.7 Å². The van der Waals surface area contributed by atoms with E-state index < -0.39 is 163 Å². The molecule has 5 rings (SSSR count). The summed E-state index contributed by atoms with van der Waals surface area (Å²) in [5, 5.41) is 52.8. The van der Waals surface area contributed by atoms with Gasteiger partial charge in [0.2, 0.25) is 65.0 Å². The summed E-state index contributed by atoms with van der Waals surface area (Å²) in [6.45, 7) is 13.8. The van der Waals surface area contributed by atoms with Crippen LogP contribution in [0.4, 0.5) is 10.1 Å². The number of rotatable bonds is 32. The zero-order chi connectivity index (χ0) is 79.2. The number of halogens is 1. The monoisotopic (exact) mass is 1500 g/mol. The average Bonchev–Trinajstić information content (AvgIpc) is 1.63. The van der Waals surface area contributed by atoms with Crippen molar-refractivity contribution in [2.24, 2.45) is 39.6 Å². The van der Waals surface area contributed by atoms with Crippen molar-refractivity contribution in [1.29, 1.82) is 0 Å². The molecule has 0 aliphatic carbocycles. The summed E-state index contributed by atoms with van der Waals surface area (Å²) >= 11 is 0. The Hall–Kier alpha value is -9.82. The average molecular weight is 1500 g/mol. The number of aromatic amines is 1. The number of ether oxygens (including phenoxy) is 1.